The van der Waals surface area contributed by atoms with Gasteiger partial charge in [-0.25, -0.2) is 0 Å². The molecule has 5 heteroatoms. The van der Waals surface area contributed by atoms with Crippen molar-refractivity contribution in [2.75, 3.05) is 21.3 Å². The summed E-state index contributed by atoms with van der Waals surface area (Å²) in [5.41, 5.74) is 2.88. The van der Waals surface area contributed by atoms with Crippen LogP contribution in [0.25, 0.3) is 22.2 Å². The first-order valence-electron chi connectivity index (χ1n) is 7.09. The van der Waals surface area contributed by atoms with Crippen molar-refractivity contribution in [2.45, 2.75) is 0 Å². The molecule has 0 aliphatic carbocycles. The van der Waals surface area contributed by atoms with Gasteiger partial charge in [-0.05, 0) is 18.2 Å². The highest BCUT2D eigenvalue weighted by Gasteiger charge is 2.22. The molecule has 0 bridgehead atoms. The number of carbonyl (C=O) groups is 1. The van der Waals surface area contributed by atoms with Crippen LogP contribution in [0.1, 0.15) is 10.4 Å². The van der Waals surface area contributed by atoms with Crippen molar-refractivity contribution in [1.82, 2.24) is 4.98 Å². The van der Waals surface area contributed by atoms with Gasteiger partial charge in [0.25, 0.3) is 0 Å². The number of fused-ring (bicyclic) bond motifs is 1. The molecule has 0 saturated carbocycles. The second-order valence-electron chi connectivity index (χ2n) is 5.00. The van der Waals surface area contributed by atoms with Gasteiger partial charge in [-0.15, -0.1) is 0 Å². The predicted octanol–water partition coefficient (Wildman–Crippen LogP) is 3.67. The van der Waals surface area contributed by atoms with Crippen LogP contribution in [-0.4, -0.2) is 32.6 Å². The molecule has 0 atom stereocenters. The molecule has 1 heterocycles. The van der Waals surface area contributed by atoms with Crippen LogP contribution in [-0.2, 0) is 0 Å². The van der Waals surface area contributed by atoms with Gasteiger partial charge in [0.2, 0.25) is 5.75 Å². The maximum Gasteiger partial charge on any atom is 0.204 e. The van der Waals surface area contributed by atoms with E-state index < -0.39 is 0 Å². The molecule has 0 amide bonds. The van der Waals surface area contributed by atoms with Gasteiger partial charge in [0.05, 0.1) is 32.6 Å². The van der Waals surface area contributed by atoms with E-state index in [1.165, 1.54) is 21.3 Å². The van der Waals surface area contributed by atoms with Crippen LogP contribution >= 0.6 is 0 Å². The zero-order valence-electron chi connectivity index (χ0n) is 13.2. The van der Waals surface area contributed by atoms with Crippen LogP contribution in [0, 0.1) is 0 Å². The largest absolute Gasteiger partial charge is 0.493 e. The van der Waals surface area contributed by atoms with Crippen LogP contribution in [0.3, 0.4) is 0 Å². The van der Waals surface area contributed by atoms with E-state index in [0.717, 1.165) is 22.9 Å². The number of hydrogen-bond donors (Lipinski definition) is 1. The van der Waals surface area contributed by atoms with Crippen molar-refractivity contribution in [2.24, 2.45) is 0 Å². The van der Waals surface area contributed by atoms with Gasteiger partial charge < -0.3 is 19.2 Å². The average molecular weight is 311 g/mol. The second kappa shape index (κ2) is 6.04. The second-order valence-corrected chi connectivity index (χ2v) is 5.00. The first-order valence-corrected chi connectivity index (χ1v) is 7.09. The number of benzene rings is 2. The number of nitrogens with one attached hydrogen (secondary N) is 1. The van der Waals surface area contributed by atoms with Gasteiger partial charge >= 0.3 is 0 Å². The third kappa shape index (κ3) is 2.40. The third-order valence-electron chi connectivity index (χ3n) is 3.79. The maximum atomic E-state index is 11.6. The zero-order chi connectivity index (χ0) is 16.4. The van der Waals surface area contributed by atoms with Crippen molar-refractivity contribution >= 4 is 17.2 Å². The highest BCUT2D eigenvalue weighted by Crippen LogP contribution is 2.46. The molecule has 2 aromatic carbocycles. The number of rotatable bonds is 5. The Hall–Kier alpha value is -2.95. The summed E-state index contributed by atoms with van der Waals surface area (Å²) in [7, 11) is 4.60. The minimum absolute atomic E-state index is 0.450. The summed E-state index contributed by atoms with van der Waals surface area (Å²) >= 11 is 0. The van der Waals surface area contributed by atoms with Crippen LogP contribution in [0.15, 0.2) is 36.4 Å². The van der Waals surface area contributed by atoms with E-state index in [2.05, 4.69) is 4.98 Å². The molecular formula is C18H17NO4. The highest BCUT2D eigenvalue weighted by atomic mass is 16.5. The van der Waals surface area contributed by atoms with Gasteiger partial charge in [-0.1, -0.05) is 18.2 Å². The summed E-state index contributed by atoms with van der Waals surface area (Å²) in [5.74, 6) is 1.36. The normalized spacial score (nSPS) is 10.6. The number of methoxy groups -OCH3 is 3. The number of para-hydroxylation sites is 1. The van der Waals surface area contributed by atoms with Gasteiger partial charge in [-0.3, -0.25) is 4.79 Å². The van der Waals surface area contributed by atoms with E-state index in [1.54, 1.807) is 6.07 Å². The van der Waals surface area contributed by atoms with E-state index >= 15 is 0 Å². The molecule has 1 aromatic heterocycles. The van der Waals surface area contributed by atoms with E-state index in [4.69, 9.17) is 14.2 Å². The van der Waals surface area contributed by atoms with Crippen molar-refractivity contribution in [3.63, 3.8) is 0 Å². The Morgan fingerprint density at radius 3 is 2.30 bits per heavy atom. The maximum absolute atomic E-state index is 11.6. The molecule has 23 heavy (non-hydrogen) atoms. The van der Waals surface area contributed by atoms with Gasteiger partial charge in [0, 0.05) is 16.5 Å². The number of hydrogen-bond acceptors (Lipinski definition) is 4. The molecule has 0 spiro atoms. The van der Waals surface area contributed by atoms with Gasteiger partial charge in [0.1, 0.15) is 0 Å². The lowest BCUT2D eigenvalue weighted by molar-refractivity contribution is 0.112. The van der Waals surface area contributed by atoms with Gasteiger partial charge in [0.15, 0.2) is 17.8 Å². The number of aromatic nitrogens is 1. The van der Waals surface area contributed by atoms with Crippen molar-refractivity contribution in [1.29, 1.82) is 0 Å². The topological polar surface area (TPSA) is 60.6 Å². The Balaban J connectivity index is 2.34. The molecule has 0 aliphatic heterocycles. The minimum Gasteiger partial charge on any atom is -0.493 e. The number of aldehydes is 1. The van der Waals surface area contributed by atoms with E-state index in [1.807, 2.05) is 30.3 Å². The molecule has 3 aromatic rings. The van der Waals surface area contributed by atoms with Crippen LogP contribution < -0.4 is 14.2 Å². The minimum atomic E-state index is 0.450. The number of carbonyl (C=O) groups excluding carboxylic acids is 1. The molecule has 0 unspecified atom stereocenters. The Labute approximate surface area is 133 Å². The SMILES string of the molecule is COc1cc(C=O)c(-c2cc3ccccc3[nH]2)c(OC)c1OC. The monoisotopic (exact) mass is 311 g/mol. The first kappa shape index (κ1) is 15.0. The van der Waals surface area contributed by atoms with E-state index in [-0.39, 0.29) is 0 Å². The Morgan fingerprint density at radius 1 is 0.957 bits per heavy atom. The first-order chi connectivity index (χ1) is 11.2. The fourth-order valence-electron chi connectivity index (χ4n) is 2.75. The van der Waals surface area contributed by atoms with Crippen molar-refractivity contribution in [3.8, 4) is 28.5 Å². The van der Waals surface area contributed by atoms with E-state index in [0.29, 0.717) is 28.4 Å². The van der Waals surface area contributed by atoms with Crippen molar-refractivity contribution in [3.05, 3.63) is 42.0 Å². The lowest BCUT2D eigenvalue weighted by atomic mass is 10.0. The molecule has 0 saturated heterocycles. The molecule has 118 valence electrons. The fourth-order valence-corrected chi connectivity index (χ4v) is 2.75. The predicted molar refractivity (Wildman–Crippen MR) is 88.8 cm³/mol. The fraction of sp³-hybridized carbons (Fsp3) is 0.167. The summed E-state index contributed by atoms with van der Waals surface area (Å²) in [4.78, 5) is 14.9. The Kier molecular flexibility index (Phi) is 3.93. The number of H-pyrrole nitrogens is 1. The number of aromatic amines is 1. The molecule has 1 N–H and O–H groups in total. The molecule has 3 rings (SSSR count). The van der Waals surface area contributed by atoms with Crippen LogP contribution in [0.5, 0.6) is 17.2 Å². The molecular weight excluding hydrogens is 294 g/mol. The summed E-state index contributed by atoms with van der Waals surface area (Å²) in [5, 5.41) is 1.05. The third-order valence-corrected chi connectivity index (χ3v) is 3.79. The molecule has 0 fully saturated rings. The molecule has 0 aliphatic rings. The summed E-state index contributed by atoms with van der Waals surface area (Å²) in [6, 6.07) is 11.5. The van der Waals surface area contributed by atoms with Crippen LogP contribution in [0.4, 0.5) is 0 Å². The highest BCUT2D eigenvalue weighted by molar-refractivity contribution is 5.96. The molecule has 5 nitrogen and oxygen atoms in total. The lowest BCUT2D eigenvalue weighted by Crippen LogP contribution is -2.00. The summed E-state index contributed by atoms with van der Waals surface area (Å²) in [6.45, 7) is 0. The lowest BCUT2D eigenvalue weighted by Gasteiger charge is -2.17. The quantitative estimate of drug-likeness (QED) is 0.730. The average Bonchev–Trinajstić information content (AvgIpc) is 3.03. The summed E-state index contributed by atoms with van der Waals surface area (Å²) in [6.07, 6.45) is 0.783. The number of ether oxygens (including phenoxy) is 3. The molecule has 0 radical (unpaired) electrons. The smallest absolute Gasteiger partial charge is 0.204 e. The zero-order valence-corrected chi connectivity index (χ0v) is 13.2. The standard InChI is InChI=1S/C18H17NO4/c1-21-15-9-12(10-20)16(18(23-3)17(15)22-2)14-8-11-6-4-5-7-13(11)19-14/h4-10,19H,1-3H3. The van der Waals surface area contributed by atoms with E-state index in [9.17, 15) is 4.79 Å². The van der Waals surface area contributed by atoms with Gasteiger partial charge in [-0.2, -0.15) is 0 Å². The van der Waals surface area contributed by atoms with Crippen molar-refractivity contribution < 1.29 is 19.0 Å². The Bertz CT molecular complexity index is 834. The Morgan fingerprint density at radius 2 is 1.70 bits per heavy atom. The van der Waals surface area contributed by atoms with Crippen LogP contribution in [0.2, 0.25) is 0 Å². The summed E-state index contributed by atoms with van der Waals surface area (Å²) < 4.78 is 16.2.